The van der Waals surface area contributed by atoms with Crippen LogP contribution in [0.2, 0.25) is 0 Å². The molecule has 0 saturated carbocycles. The van der Waals surface area contributed by atoms with Crippen LogP contribution in [0.25, 0.3) is 0 Å². The summed E-state index contributed by atoms with van der Waals surface area (Å²) < 4.78 is 13.8. The van der Waals surface area contributed by atoms with E-state index in [0.717, 1.165) is 44.7 Å². The Balaban J connectivity index is 1.55. The fourth-order valence-electron chi connectivity index (χ4n) is 2.96. The molecule has 1 aliphatic rings. The van der Waals surface area contributed by atoms with E-state index in [1.165, 1.54) is 5.56 Å². The van der Waals surface area contributed by atoms with Gasteiger partial charge in [0.15, 0.2) is 0 Å². The molecule has 0 spiro atoms. The molecule has 0 bridgehead atoms. The summed E-state index contributed by atoms with van der Waals surface area (Å²) in [5.74, 6) is -0.0982. The fourth-order valence-corrected chi connectivity index (χ4v) is 2.96. The van der Waals surface area contributed by atoms with Crippen molar-refractivity contribution in [2.24, 2.45) is 0 Å². The predicted molar refractivity (Wildman–Crippen MR) is 85.8 cm³/mol. The van der Waals surface area contributed by atoms with Crippen molar-refractivity contribution in [2.75, 3.05) is 26.2 Å². The van der Waals surface area contributed by atoms with Crippen LogP contribution in [0, 0.1) is 5.82 Å². The highest BCUT2D eigenvalue weighted by atomic mass is 19.1. The van der Waals surface area contributed by atoms with Crippen LogP contribution in [0.5, 0.6) is 0 Å². The predicted octanol–water partition coefficient (Wildman–Crippen LogP) is 2.93. The molecule has 1 aromatic carbocycles. The van der Waals surface area contributed by atoms with E-state index < -0.39 is 0 Å². The van der Waals surface area contributed by atoms with E-state index in [9.17, 15) is 4.39 Å². The van der Waals surface area contributed by atoms with Crippen LogP contribution in [0.3, 0.4) is 0 Å². The van der Waals surface area contributed by atoms with E-state index in [4.69, 9.17) is 0 Å². The van der Waals surface area contributed by atoms with Gasteiger partial charge in [-0.2, -0.15) is 0 Å². The van der Waals surface area contributed by atoms with Crippen LogP contribution in [0.1, 0.15) is 17.5 Å². The quantitative estimate of drug-likeness (QED) is 0.865. The van der Waals surface area contributed by atoms with Crippen LogP contribution >= 0.6 is 0 Å². The summed E-state index contributed by atoms with van der Waals surface area (Å²) in [6, 6.07) is 11.2. The van der Waals surface area contributed by atoms with E-state index in [1.54, 1.807) is 12.1 Å². The molecule has 22 heavy (non-hydrogen) atoms. The molecule has 3 nitrogen and oxygen atoms in total. The zero-order chi connectivity index (χ0) is 15.2. The van der Waals surface area contributed by atoms with E-state index in [-0.39, 0.29) is 5.82 Å². The van der Waals surface area contributed by atoms with Crippen molar-refractivity contribution in [1.82, 2.24) is 14.8 Å². The van der Waals surface area contributed by atoms with E-state index in [1.807, 2.05) is 30.6 Å². The summed E-state index contributed by atoms with van der Waals surface area (Å²) in [6.07, 6.45) is 4.86. The molecule has 0 radical (unpaired) electrons. The molecule has 0 unspecified atom stereocenters. The van der Waals surface area contributed by atoms with Gasteiger partial charge in [0.25, 0.3) is 0 Å². The van der Waals surface area contributed by atoms with Gasteiger partial charge in [-0.25, -0.2) is 4.39 Å². The summed E-state index contributed by atoms with van der Waals surface area (Å²) in [6.45, 7) is 5.76. The Labute approximate surface area is 131 Å². The van der Waals surface area contributed by atoms with Gasteiger partial charge in [0.05, 0.1) is 0 Å². The average molecular weight is 299 g/mol. The molecule has 1 aromatic heterocycles. The maximum Gasteiger partial charge on any atom is 0.127 e. The standard InChI is InChI=1S/C18H22FN3/c19-18-7-2-1-6-17(18)15-22-10-4-9-21(11-12-22)14-16-5-3-8-20-13-16/h1-3,5-8,13H,4,9-12,14-15H2. The zero-order valence-corrected chi connectivity index (χ0v) is 12.8. The highest BCUT2D eigenvalue weighted by Gasteiger charge is 2.16. The SMILES string of the molecule is Fc1ccccc1CN1CCCN(Cc2cccnc2)CC1. The molecule has 2 aromatic rings. The first-order chi connectivity index (χ1) is 10.8. The van der Waals surface area contributed by atoms with Gasteiger partial charge in [-0.3, -0.25) is 14.8 Å². The number of nitrogens with zero attached hydrogens (tertiary/aromatic N) is 3. The van der Waals surface area contributed by atoms with Crippen molar-refractivity contribution < 1.29 is 4.39 Å². The molecule has 4 heteroatoms. The van der Waals surface area contributed by atoms with Gasteiger partial charge in [0.1, 0.15) is 5.82 Å². The maximum absolute atomic E-state index is 13.8. The van der Waals surface area contributed by atoms with Crippen LogP contribution in [-0.4, -0.2) is 41.0 Å². The molecule has 2 heterocycles. The second-order valence-corrected chi connectivity index (χ2v) is 5.86. The van der Waals surface area contributed by atoms with Crippen molar-refractivity contribution in [1.29, 1.82) is 0 Å². The lowest BCUT2D eigenvalue weighted by Gasteiger charge is -2.22. The van der Waals surface area contributed by atoms with Crippen LogP contribution < -0.4 is 0 Å². The molecular weight excluding hydrogens is 277 g/mol. The van der Waals surface area contributed by atoms with E-state index in [0.29, 0.717) is 6.54 Å². The monoisotopic (exact) mass is 299 g/mol. The minimum Gasteiger partial charge on any atom is -0.298 e. The van der Waals surface area contributed by atoms with Gasteiger partial charge < -0.3 is 0 Å². The second kappa shape index (κ2) is 7.47. The largest absolute Gasteiger partial charge is 0.298 e. The normalized spacial score (nSPS) is 17.3. The Kier molecular flexibility index (Phi) is 5.14. The lowest BCUT2D eigenvalue weighted by Crippen LogP contribution is -2.30. The number of rotatable bonds is 4. The third-order valence-electron chi connectivity index (χ3n) is 4.16. The molecule has 0 N–H and O–H groups in total. The summed E-state index contributed by atoms with van der Waals surface area (Å²) >= 11 is 0. The van der Waals surface area contributed by atoms with Crippen LogP contribution in [0.4, 0.5) is 4.39 Å². The highest BCUT2D eigenvalue weighted by Crippen LogP contribution is 2.13. The second-order valence-electron chi connectivity index (χ2n) is 5.86. The zero-order valence-electron chi connectivity index (χ0n) is 12.8. The molecule has 3 rings (SSSR count). The van der Waals surface area contributed by atoms with E-state index in [2.05, 4.69) is 20.9 Å². The molecule has 1 aliphatic heterocycles. The topological polar surface area (TPSA) is 19.4 Å². The molecule has 0 amide bonds. The Bertz CT molecular complexity index is 588. The number of halogens is 1. The number of hydrogen-bond donors (Lipinski definition) is 0. The molecule has 0 aliphatic carbocycles. The van der Waals surface area contributed by atoms with Gasteiger partial charge >= 0.3 is 0 Å². The van der Waals surface area contributed by atoms with Crippen molar-refractivity contribution in [3.8, 4) is 0 Å². The Morgan fingerprint density at radius 1 is 0.909 bits per heavy atom. The summed E-state index contributed by atoms with van der Waals surface area (Å²) in [5.41, 5.74) is 2.05. The Morgan fingerprint density at radius 3 is 2.41 bits per heavy atom. The van der Waals surface area contributed by atoms with Crippen molar-refractivity contribution in [3.63, 3.8) is 0 Å². The molecule has 116 valence electrons. The van der Waals surface area contributed by atoms with Gasteiger partial charge in [-0.1, -0.05) is 24.3 Å². The first-order valence-electron chi connectivity index (χ1n) is 7.88. The average Bonchev–Trinajstić information content (AvgIpc) is 2.76. The summed E-state index contributed by atoms with van der Waals surface area (Å²) in [7, 11) is 0. The third-order valence-corrected chi connectivity index (χ3v) is 4.16. The number of hydrogen-bond acceptors (Lipinski definition) is 3. The Morgan fingerprint density at radius 2 is 1.68 bits per heavy atom. The maximum atomic E-state index is 13.8. The number of aromatic nitrogens is 1. The van der Waals surface area contributed by atoms with Crippen LogP contribution in [0.15, 0.2) is 48.8 Å². The summed E-state index contributed by atoms with van der Waals surface area (Å²) in [4.78, 5) is 8.98. The summed E-state index contributed by atoms with van der Waals surface area (Å²) in [5, 5.41) is 0. The van der Waals surface area contributed by atoms with Gasteiger partial charge in [-0.05, 0) is 37.2 Å². The Hall–Kier alpha value is -1.78. The number of benzene rings is 1. The third kappa shape index (κ3) is 4.12. The first-order valence-corrected chi connectivity index (χ1v) is 7.88. The lowest BCUT2D eigenvalue weighted by molar-refractivity contribution is 0.245. The van der Waals surface area contributed by atoms with Crippen molar-refractivity contribution >= 4 is 0 Å². The van der Waals surface area contributed by atoms with Gasteiger partial charge in [0.2, 0.25) is 0 Å². The highest BCUT2D eigenvalue weighted by molar-refractivity contribution is 5.17. The first kappa shape index (κ1) is 15.1. The minimum atomic E-state index is -0.0982. The fraction of sp³-hybridized carbons (Fsp3) is 0.389. The lowest BCUT2D eigenvalue weighted by atomic mass is 10.2. The van der Waals surface area contributed by atoms with E-state index >= 15 is 0 Å². The van der Waals surface area contributed by atoms with Gasteiger partial charge in [0, 0.05) is 44.1 Å². The smallest absolute Gasteiger partial charge is 0.127 e. The molecular formula is C18H22FN3. The molecule has 1 saturated heterocycles. The van der Waals surface area contributed by atoms with Gasteiger partial charge in [-0.15, -0.1) is 0 Å². The van der Waals surface area contributed by atoms with Crippen molar-refractivity contribution in [2.45, 2.75) is 19.5 Å². The van der Waals surface area contributed by atoms with Crippen LogP contribution in [-0.2, 0) is 13.1 Å². The van der Waals surface area contributed by atoms with Crippen molar-refractivity contribution in [3.05, 3.63) is 65.7 Å². The minimum absolute atomic E-state index is 0.0982. The molecule has 1 fully saturated rings. The molecule has 0 atom stereocenters. The number of pyridine rings is 1.